The van der Waals surface area contributed by atoms with Crippen LogP contribution in [0, 0.1) is 0 Å². The van der Waals surface area contributed by atoms with Gasteiger partial charge in [-0.05, 0) is 17.4 Å². The van der Waals surface area contributed by atoms with Crippen molar-refractivity contribution in [3.8, 4) is 5.75 Å². The second-order valence-electron chi connectivity index (χ2n) is 3.21. The number of hydrogen-bond acceptors (Lipinski definition) is 2. The zero-order valence-electron chi connectivity index (χ0n) is 13.6. The van der Waals surface area contributed by atoms with Gasteiger partial charge in [0.2, 0.25) is 11.1 Å². The fourth-order valence-corrected chi connectivity index (χ4v) is 1.67. The Labute approximate surface area is 134 Å². The van der Waals surface area contributed by atoms with Crippen molar-refractivity contribution in [3.05, 3.63) is 60.7 Å². The molecule has 2 aromatic rings. The Morgan fingerprint density at radius 1 is 0.810 bits per heavy atom. The Morgan fingerprint density at radius 3 is 1.48 bits per heavy atom. The summed E-state index contributed by atoms with van der Waals surface area (Å²) in [4.78, 5) is 0. The average Bonchev–Trinajstić information content (AvgIpc) is 2.53. The van der Waals surface area contributed by atoms with Gasteiger partial charge in [0.05, 0.1) is 0 Å². The van der Waals surface area contributed by atoms with Crippen LogP contribution in [0.2, 0.25) is 0 Å². The van der Waals surface area contributed by atoms with Gasteiger partial charge < -0.3 is 4.18 Å². The van der Waals surface area contributed by atoms with Crippen LogP contribution >= 0.6 is 9.24 Å². The van der Waals surface area contributed by atoms with E-state index in [1.807, 2.05) is 76.2 Å². The van der Waals surface area contributed by atoms with E-state index in [1.54, 1.807) is 12.1 Å². The van der Waals surface area contributed by atoms with Crippen molar-refractivity contribution in [1.82, 2.24) is 0 Å². The second-order valence-corrected chi connectivity index (χ2v) is 4.84. The predicted octanol–water partition coefficient (Wildman–Crippen LogP) is 4.60. The summed E-state index contributed by atoms with van der Waals surface area (Å²) >= 11 is -1.22. The Hall–Kier alpha value is -1.18. The smallest absolute Gasteiger partial charge is 0.203 e. The van der Waals surface area contributed by atoms with E-state index in [-0.39, 0.29) is 0 Å². The molecule has 0 radical (unpaired) electrons. The molecule has 0 saturated heterocycles. The molecule has 0 saturated carbocycles. The van der Waals surface area contributed by atoms with Gasteiger partial charge in [0.15, 0.2) is 0 Å². The van der Waals surface area contributed by atoms with Crippen molar-refractivity contribution in [3.63, 3.8) is 0 Å². The van der Waals surface area contributed by atoms with E-state index in [1.165, 1.54) is 11.6 Å². The van der Waals surface area contributed by atoms with Gasteiger partial charge in [-0.3, -0.25) is 0 Å². The van der Waals surface area contributed by atoms with E-state index in [4.69, 9.17) is 4.18 Å². The molecule has 0 aromatic heterocycles. The van der Waals surface area contributed by atoms with Crippen LogP contribution in [0.4, 0.5) is 0 Å². The van der Waals surface area contributed by atoms with Crippen molar-refractivity contribution in [2.24, 2.45) is 0 Å². The first-order chi connectivity index (χ1) is 10.2. The van der Waals surface area contributed by atoms with E-state index in [9.17, 15) is 4.21 Å². The highest BCUT2D eigenvalue weighted by atomic mass is 32.2. The van der Waals surface area contributed by atoms with Gasteiger partial charge in [-0.15, -0.1) is 9.24 Å². The normalized spacial score (nSPS) is 9.43. The lowest BCUT2D eigenvalue weighted by Crippen LogP contribution is -1.95. The minimum Gasteiger partial charge on any atom is -0.401 e. The van der Waals surface area contributed by atoms with Gasteiger partial charge in [0.25, 0.3) is 0 Å². The molecule has 4 heteroatoms. The van der Waals surface area contributed by atoms with Gasteiger partial charge >= 0.3 is 0 Å². The third kappa shape index (κ3) is 15.0. The van der Waals surface area contributed by atoms with Crippen LogP contribution in [-0.4, -0.2) is 10.5 Å². The van der Waals surface area contributed by atoms with Crippen LogP contribution < -0.4 is 9.49 Å². The standard InChI is InChI=1S/C7H8O2S.C6H7P.2C2H6/c1-10(8)9-7-5-3-2-4-6-7;7-6-4-2-1-3-5-6;2*1-2/h2-6H,1H3;1-5H,7H2;2*1-2H3. The molecule has 2 nitrogen and oxygen atoms in total. The first-order valence-corrected chi connectivity index (χ1v) is 9.12. The highest BCUT2D eigenvalue weighted by Gasteiger charge is 1.91. The minimum atomic E-state index is -1.22. The number of rotatable bonds is 2. The monoisotopic (exact) mass is 326 g/mol. The number of benzene rings is 2. The van der Waals surface area contributed by atoms with Crippen LogP contribution in [0.1, 0.15) is 27.7 Å². The zero-order valence-corrected chi connectivity index (χ0v) is 15.5. The van der Waals surface area contributed by atoms with Gasteiger partial charge in [0, 0.05) is 6.26 Å². The molecular weight excluding hydrogens is 299 g/mol. The summed E-state index contributed by atoms with van der Waals surface area (Å²) < 4.78 is 15.4. The summed E-state index contributed by atoms with van der Waals surface area (Å²) in [7, 11) is 2.63. The van der Waals surface area contributed by atoms with Crippen molar-refractivity contribution in [2.45, 2.75) is 27.7 Å². The van der Waals surface area contributed by atoms with Crippen molar-refractivity contribution >= 4 is 25.6 Å². The molecule has 0 aliphatic carbocycles. The third-order valence-electron chi connectivity index (χ3n) is 1.76. The topological polar surface area (TPSA) is 26.3 Å². The summed E-state index contributed by atoms with van der Waals surface area (Å²) in [6.07, 6.45) is 1.49. The Kier molecular flexibility index (Phi) is 17.8. The van der Waals surface area contributed by atoms with Gasteiger partial charge in [-0.1, -0.05) is 76.2 Å². The predicted molar refractivity (Wildman–Crippen MR) is 99.6 cm³/mol. The molecule has 2 unspecified atom stereocenters. The fourth-order valence-electron chi connectivity index (χ4n) is 1.06. The lowest BCUT2D eigenvalue weighted by molar-refractivity contribution is 0.568. The first-order valence-electron chi connectivity index (χ1n) is 7.06. The zero-order chi connectivity index (χ0) is 16.5. The molecule has 0 N–H and O–H groups in total. The number of hydrogen-bond donors (Lipinski definition) is 0. The maximum Gasteiger partial charge on any atom is 0.203 e. The molecule has 2 aromatic carbocycles. The molecule has 0 bridgehead atoms. The van der Waals surface area contributed by atoms with Crippen LogP contribution in [0.5, 0.6) is 5.75 Å². The molecule has 0 amide bonds. The van der Waals surface area contributed by atoms with Crippen LogP contribution in [0.3, 0.4) is 0 Å². The summed E-state index contributed by atoms with van der Waals surface area (Å²) in [6.45, 7) is 8.00. The van der Waals surface area contributed by atoms with Crippen molar-refractivity contribution in [1.29, 1.82) is 0 Å². The molecule has 21 heavy (non-hydrogen) atoms. The molecule has 118 valence electrons. The SMILES string of the molecule is CC.CC.CS(=O)Oc1ccccc1.Pc1ccccc1. The van der Waals surface area contributed by atoms with E-state index in [2.05, 4.69) is 9.24 Å². The summed E-state index contributed by atoms with van der Waals surface area (Å²) in [5.74, 6) is 0.642. The molecule has 2 atom stereocenters. The summed E-state index contributed by atoms with van der Waals surface area (Å²) in [5.41, 5.74) is 0. The quantitative estimate of drug-likeness (QED) is 0.754. The third-order valence-corrected chi connectivity index (χ3v) is 2.57. The molecule has 0 heterocycles. The van der Waals surface area contributed by atoms with Crippen molar-refractivity contribution in [2.75, 3.05) is 6.26 Å². The van der Waals surface area contributed by atoms with E-state index in [0.717, 1.165) is 0 Å². The summed E-state index contributed by atoms with van der Waals surface area (Å²) in [5, 5.41) is 1.24. The Balaban J connectivity index is 0. The molecule has 0 fully saturated rings. The minimum absolute atomic E-state index is 0.642. The highest BCUT2D eigenvalue weighted by molar-refractivity contribution is 7.79. The van der Waals surface area contributed by atoms with Gasteiger partial charge in [-0.2, -0.15) is 0 Å². The fraction of sp³-hybridized carbons (Fsp3) is 0.294. The largest absolute Gasteiger partial charge is 0.401 e. The van der Waals surface area contributed by atoms with Crippen LogP contribution in [0.15, 0.2) is 60.7 Å². The highest BCUT2D eigenvalue weighted by Crippen LogP contribution is 2.08. The maximum atomic E-state index is 10.5. The molecule has 2 rings (SSSR count). The van der Waals surface area contributed by atoms with Crippen LogP contribution in [0.25, 0.3) is 0 Å². The molecule has 0 aliphatic heterocycles. The summed E-state index contributed by atoms with van der Waals surface area (Å²) in [6, 6.07) is 19.2. The maximum absolute atomic E-state index is 10.5. The van der Waals surface area contributed by atoms with E-state index >= 15 is 0 Å². The van der Waals surface area contributed by atoms with Crippen LogP contribution in [-0.2, 0) is 11.1 Å². The lowest BCUT2D eigenvalue weighted by Gasteiger charge is -1.97. The first kappa shape index (κ1) is 22.1. The lowest BCUT2D eigenvalue weighted by atomic mass is 10.3. The number of para-hydroxylation sites is 1. The average molecular weight is 326 g/mol. The van der Waals surface area contributed by atoms with Gasteiger partial charge in [0.1, 0.15) is 5.75 Å². The van der Waals surface area contributed by atoms with Crippen molar-refractivity contribution < 1.29 is 8.39 Å². The molecule has 0 spiro atoms. The Bertz CT molecular complexity index is 447. The van der Waals surface area contributed by atoms with E-state index in [0.29, 0.717) is 5.75 Å². The van der Waals surface area contributed by atoms with Gasteiger partial charge in [-0.25, -0.2) is 4.21 Å². The Morgan fingerprint density at radius 2 is 1.19 bits per heavy atom. The van der Waals surface area contributed by atoms with E-state index < -0.39 is 11.1 Å². The molecular formula is C17H27O2PS. The second kappa shape index (κ2) is 16.9. The molecule has 0 aliphatic rings.